The Labute approximate surface area is 248 Å². The molecular weight excluding hydrogens is 550 g/mol. The fourth-order valence-corrected chi connectivity index (χ4v) is 4.14. The first-order valence-electron chi connectivity index (χ1n) is 13.7. The highest BCUT2D eigenvalue weighted by molar-refractivity contribution is 5.85. The zero-order valence-electron chi connectivity index (χ0n) is 23.9. The van der Waals surface area contributed by atoms with Crippen LogP contribution in [0.15, 0.2) is 112 Å². The molecule has 5 aromatic rings. The van der Waals surface area contributed by atoms with Crippen molar-refractivity contribution < 1.29 is 32.9 Å². The molecule has 0 spiro atoms. The van der Waals surface area contributed by atoms with E-state index in [4.69, 9.17) is 28.1 Å². The molecule has 0 atom stereocenters. The predicted octanol–water partition coefficient (Wildman–Crippen LogP) is 6.44. The summed E-state index contributed by atoms with van der Waals surface area (Å²) >= 11 is 0. The molecule has 0 saturated heterocycles. The second kappa shape index (κ2) is 14.0. The van der Waals surface area contributed by atoms with Gasteiger partial charge in [-0.3, -0.25) is 4.79 Å². The third-order valence-electron chi connectivity index (χ3n) is 6.23. The monoisotopic (exact) mass is 581 g/mol. The van der Waals surface area contributed by atoms with E-state index in [0.29, 0.717) is 35.0 Å². The van der Waals surface area contributed by atoms with E-state index in [1.54, 1.807) is 42.5 Å². The topological polar surface area (TPSA) is 96.7 Å². The second-order valence-electron chi connectivity index (χ2n) is 9.53. The fourth-order valence-electron chi connectivity index (χ4n) is 4.14. The Kier molecular flexibility index (Phi) is 9.43. The van der Waals surface area contributed by atoms with E-state index in [2.05, 4.69) is 0 Å². The molecule has 0 unspecified atom stereocenters. The lowest BCUT2D eigenvalue weighted by Crippen LogP contribution is -2.27. The van der Waals surface area contributed by atoms with E-state index < -0.39 is 11.5 Å². The zero-order chi connectivity index (χ0) is 30.0. The molecule has 5 rings (SSSR count). The molecule has 0 aliphatic carbocycles. The number of carbonyl (C=O) groups is 1. The van der Waals surface area contributed by atoms with Crippen LogP contribution < -0.4 is 29.1 Å². The van der Waals surface area contributed by atoms with Crippen LogP contribution in [0.25, 0.3) is 22.3 Å². The van der Waals surface area contributed by atoms with E-state index in [1.165, 1.54) is 19.0 Å². The molecule has 1 aromatic heterocycles. The van der Waals surface area contributed by atoms with Gasteiger partial charge in [-0.2, -0.15) is 0 Å². The van der Waals surface area contributed by atoms with Gasteiger partial charge in [-0.05, 0) is 48.5 Å². The molecule has 4 aromatic carbocycles. The maximum atomic E-state index is 13.5. The molecule has 220 valence electrons. The maximum Gasteiger partial charge on any atom is 0.414 e. The van der Waals surface area contributed by atoms with Crippen LogP contribution in [-0.4, -0.2) is 51.5 Å². The number of hydrogen-bond donors (Lipinski definition) is 0. The molecule has 43 heavy (non-hydrogen) atoms. The average Bonchev–Trinajstić information content (AvgIpc) is 3.04. The molecule has 1 amide bonds. The Morgan fingerprint density at radius 3 is 1.86 bits per heavy atom. The van der Waals surface area contributed by atoms with Gasteiger partial charge in [0.15, 0.2) is 5.76 Å². The third-order valence-corrected chi connectivity index (χ3v) is 6.23. The molecule has 0 fully saturated rings. The number of benzene rings is 4. The van der Waals surface area contributed by atoms with Gasteiger partial charge in [0.1, 0.15) is 55.0 Å². The van der Waals surface area contributed by atoms with Gasteiger partial charge in [0.25, 0.3) is 0 Å². The number of carbonyl (C=O) groups excluding carboxylic acids is 1. The van der Waals surface area contributed by atoms with Crippen LogP contribution in [0.3, 0.4) is 0 Å². The largest absolute Gasteiger partial charge is 0.490 e. The SMILES string of the molecule is CN(C)C(=O)Oc1c(-c2ccc(OCCOc3ccccc3)cc2OCCOc2ccccc2)oc2ccccc2c1=O. The summed E-state index contributed by atoms with van der Waals surface area (Å²) in [5, 5.41) is 0.282. The highest BCUT2D eigenvalue weighted by atomic mass is 16.6. The smallest absolute Gasteiger partial charge is 0.414 e. The highest BCUT2D eigenvalue weighted by Crippen LogP contribution is 2.39. The molecular formula is C34H31NO8. The first kappa shape index (κ1) is 29.1. The maximum absolute atomic E-state index is 13.5. The van der Waals surface area contributed by atoms with E-state index in [1.807, 2.05) is 60.7 Å². The summed E-state index contributed by atoms with van der Waals surface area (Å²) in [6, 6.07) is 30.7. The average molecular weight is 582 g/mol. The van der Waals surface area contributed by atoms with Gasteiger partial charge in [-0.1, -0.05) is 48.5 Å². The van der Waals surface area contributed by atoms with Gasteiger partial charge in [-0.25, -0.2) is 4.79 Å². The normalized spacial score (nSPS) is 10.7. The van der Waals surface area contributed by atoms with Crippen molar-refractivity contribution in [2.24, 2.45) is 0 Å². The Hall–Kier alpha value is -5.44. The molecule has 0 radical (unpaired) electrons. The lowest BCUT2D eigenvalue weighted by atomic mass is 10.1. The molecule has 0 aliphatic heterocycles. The van der Waals surface area contributed by atoms with Gasteiger partial charge < -0.3 is 33.0 Å². The van der Waals surface area contributed by atoms with Gasteiger partial charge in [-0.15, -0.1) is 0 Å². The Morgan fingerprint density at radius 1 is 0.674 bits per heavy atom. The molecule has 9 nitrogen and oxygen atoms in total. The fraction of sp³-hybridized carbons (Fsp3) is 0.176. The summed E-state index contributed by atoms with van der Waals surface area (Å²) < 4.78 is 35.3. The highest BCUT2D eigenvalue weighted by Gasteiger charge is 2.24. The molecule has 1 heterocycles. The van der Waals surface area contributed by atoms with E-state index >= 15 is 0 Å². The molecule has 0 aliphatic rings. The van der Waals surface area contributed by atoms with Crippen LogP contribution in [0.4, 0.5) is 4.79 Å². The lowest BCUT2D eigenvalue weighted by molar-refractivity contribution is 0.171. The van der Waals surface area contributed by atoms with Crippen LogP contribution in [0.5, 0.6) is 28.7 Å². The van der Waals surface area contributed by atoms with Crippen LogP contribution in [0, 0.1) is 0 Å². The Balaban J connectivity index is 1.44. The summed E-state index contributed by atoms with van der Waals surface area (Å²) in [6.45, 7) is 1.04. The Morgan fingerprint density at radius 2 is 1.23 bits per heavy atom. The second-order valence-corrected chi connectivity index (χ2v) is 9.53. The van der Waals surface area contributed by atoms with Gasteiger partial charge in [0.2, 0.25) is 11.2 Å². The standard InChI is InChI=1S/C34H31NO8/c1-35(2)34(37)43-33-31(36)27-15-9-10-16-29(27)42-32(33)28-18-17-26(40-20-19-38-24-11-5-3-6-12-24)23-30(28)41-22-21-39-25-13-7-4-8-14-25/h3-18,23H,19-22H2,1-2H3. The summed E-state index contributed by atoms with van der Waals surface area (Å²) in [4.78, 5) is 27.3. The Bertz CT molecular complexity index is 1720. The number of amides is 1. The first-order valence-corrected chi connectivity index (χ1v) is 13.7. The molecule has 9 heteroatoms. The number of hydrogen-bond acceptors (Lipinski definition) is 8. The summed E-state index contributed by atoms with van der Waals surface area (Å²) in [7, 11) is 3.05. The quantitative estimate of drug-likeness (QED) is 0.155. The van der Waals surface area contributed by atoms with Crippen molar-refractivity contribution in [1.82, 2.24) is 4.90 Å². The van der Waals surface area contributed by atoms with Crippen molar-refractivity contribution in [3.05, 3.63) is 113 Å². The van der Waals surface area contributed by atoms with E-state index in [9.17, 15) is 9.59 Å². The van der Waals surface area contributed by atoms with Gasteiger partial charge in [0.05, 0.1) is 10.9 Å². The lowest BCUT2D eigenvalue weighted by Gasteiger charge is -2.17. The zero-order valence-corrected chi connectivity index (χ0v) is 23.9. The summed E-state index contributed by atoms with van der Waals surface area (Å²) in [5.74, 6) is 2.12. The predicted molar refractivity (Wildman–Crippen MR) is 162 cm³/mol. The number of nitrogens with zero attached hydrogens (tertiary/aromatic N) is 1. The molecule has 0 bridgehead atoms. The minimum atomic E-state index is -0.721. The summed E-state index contributed by atoms with van der Waals surface area (Å²) in [6.07, 6.45) is -0.721. The molecule has 0 N–H and O–H groups in total. The van der Waals surface area contributed by atoms with Crippen molar-refractivity contribution in [1.29, 1.82) is 0 Å². The van der Waals surface area contributed by atoms with Crippen molar-refractivity contribution >= 4 is 17.1 Å². The number of fused-ring (bicyclic) bond motifs is 1. The van der Waals surface area contributed by atoms with Gasteiger partial charge >= 0.3 is 6.09 Å². The number of para-hydroxylation sites is 3. The molecule has 0 saturated carbocycles. The van der Waals surface area contributed by atoms with Crippen LogP contribution in [0.1, 0.15) is 0 Å². The third kappa shape index (κ3) is 7.45. The van der Waals surface area contributed by atoms with Gasteiger partial charge in [0, 0.05) is 20.2 Å². The van der Waals surface area contributed by atoms with E-state index in [-0.39, 0.29) is 36.7 Å². The minimum absolute atomic E-state index is 0.0526. The first-order chi connectivity index (χ1) is 21.0. The summed E-state index contributed by atoms with van der Waals surface area (Å²) in [5.41, 5.74) is 0.254. The van der Waals surface area contributed by atoms with Crippen LogP contribution in [0.2, 0.25) is 0 Å². The minimum Gasteiger partial charge on any atom is -0.490 e. The van der Waals surface area contributed by atoms with Crippen molar-refractivity contribution in [2.75, 3.05) is 40.5 Å². The van der Waals surface area contributed by atoms with E-state index in [0.717, 1.165) is 5.75 Å². The van der Waals surface area contributed by atoms with Crippen LogP contribution in [-0.2, 0) is 0 Å². The van der Waals surface area contributed by atoms with Crippen molar-refractivity contribution in [3.8, 4) is 40.1 Å². The van der Waals surface area contributed by atoms with Crippen molar-refractivity contribution in [3.63, 3.8) is 0 Å². The van der Waals surface area contributed by atoms with Crippen molar-refractivity contribution in [2.45, 2.75) is 0 Å². The number of rotatable bonds is 12. The van der Waals surface area contributed by atoms with Crippen LogP contribution >= 0.6 is 0 Å². The number of ether oxygens (including phenoxy) is 5.